The normalized spacial score (nSPS) is 12.4. The minimum atomic E-state index is -1.52. The van der Waals surface area contributed by atoms with Crippen molar-refractivity contribution in [1.82, 2.24) is 4.98 Å². The molecule has 2 nitrogen and oxygen atoms in total. The zero-order chi connectivity index (χ0) is 19.3. The zero-order valence-electron chi connectivity index (χ0n) is 17.1. The first-order valence-corrected chi connectivity index (χ1v) is 13.2. The lowest BCUT2D eigenvalue weighted by Gasteiger charge is -2.19. The molecule has 0 atom stereocenters. The third kappa shape index (κ3) is 3.00. The van der Waals surface area contributed by atoms with Crippen LogP contribution in [-0.4, -0.2) is 13.1 Å². The molecule has 2 heterocycles. The number of para-hydroxylation sites is 1. The van der Waals surface area contributed by atoms with Crippen molar-refractivity contribution in [2.45, 2.75) is 46.3 Å². The van der Waals surface area contributed by atoms with Crippen molar-refractivity contribution in [2.24, 2.45) is 0 Å². The molecule has 4 aromatic rings. The van der Waals surface area contributed by atoms with Crippen LogP contribution in [-0.2, 0) is 0 Å². The van der Waals surface area contributed by atoms with Gasteiger partial charge in [-0.05, 0) is 47.4 Å². The summed E-state index contributed by atoms with van der Waals surface area (Å²) < 4.78 is 6.39. The van der Waals surface area contributed by atoms with Crippen LogP contribution in [0.1, 0.15) is 30.9 Å². The van der Waals surface area contributed by atoms with Gasteiger partial charge in [0.25, 0.3) is 0 Å². The average Bonchev–Trinajstić information content (AvgIpc) is 3.00. The quantitative estimate of drug-likeness (QED) is 0.377. The third-order valence-electron chi connectivity index (χ3n) is 5.38. The predicted octanol–water partition coefficient (Wildman–Crippen LogP) is 6.63. The molecule has 0 N–H and O–H groups in total. The monoisotopic (exact) mass is 373 g/mol. The molecule has 0 aliphatic rings. The van der Waals surface area contributed by atoms with Crippen LogP contribution in [0.2, 0.25) is 19.6 Å². The number of pyridine rings is 1. The molecule has 0 radical (unpaired) electrons. The summed E-state index contributed by atoms with van der Waals surface area (Å²) in [5.41, 5.74) is 6.60. The maximum Gasteiger partial charge on any atom is 0.144 e. The van der Waals surface area contributed by atoms with Gasteiger partial charge in [-0.25, -0.2) is 0 Å². The van der Waals surface area contributed by atoms with Crippen LogP contribution in [0.4, 0.5) is 0 Å². The lowest BCUT2D eigenvalue weighted by Crippen LogP contribution is -2.37. The Labute approximate surface area is 162 Å². The summed E-state index contributed by atoms with van der Waals surface area (Å²) in [7, 11) is -1.52. The number of benzene rings is 2. The standard InChI is InChI=1S/C24H27NOSi/c1-15(2)19-13-20(25-14-16(19)3)17-11-12-22(27(4,5)6)23-18-9-7-8-10-21(18)26-24(17)23/h7-15H,1-6H3. The average molecular weight is 374 g/mol. The van der Waals surface area contributed by atoms with E-state index >= 15 is 0 Å². The Bertz CT molecular complexity index is 1150. The Kier molecular flexibility index (Phi) is 4.23. The summed E-state index contributed by atoms with van der Waals surface area (Å²) in [5, 5.41) is 3.93. The predicted molar refractivity (Wildman–Crippen MR) is 119 cm³/mol. The van der Waals surface area contributed by atoms with Crippen LogP contribution in [0.15, 0.2) is 53.1 Å². The van der Waals surface area contributed by atoms with Gasteiger partial charge in [0, 0.05) is 22.5 Å². The van der Waals surface area contributed by atoms with Crippen LogP contribution in [0.5, 0.6) is 0 Å². The Morgan fingerprint density at radius 3 is 2.44 bits per heavy atom. The molecular formula is C24H27NOSi. The van der Waals surface area contributed by atoms with E-state index in [0.717, 1.165) is 22.4 Å². The van der Waals surface area contributed by atoms with Gasteiger partial charge < -0.3 is 4.42 Å². The van der Waals surface area contributed by atoms with Crippen molar-refractivity contribution >= 4 is 35.2 Å². The number of aryl methyl sites for hydroxylation is 1. The summed E-state index contributed by atoms with van der Waals surface area (Å²) in [6, 6.07) is 15.1. The maximum atomic E-state index is 6.39. The Morgan fingerprint density at radius 2 is 1.74 bits per heavy atom. The fraction of sp³-hybridized carbons (Fsp3) is 0.292. The minimum Gasteiger partial charge on any atom is -0.455 e. The van der Waals surface area contributed by atoms with Gasteiger partial charge in [-0.3, -0.25) is 4.98 Å². The molecule has 0 aliphatic heterocycles. The molecule has 0 spiro atoms. The molecule has 138 valence electrons. The topological polar surface area (TPSA) is 26.0 Å². The minimum absolute atomic E-state index is 0.471. The molecule has 0 fully saturated rings. The van der Waals surface area contributed by atoms with Crippen molar-refractivity contribution in [3.63, 3.8) is 0 Å². The number of nitrogens with zero attached hydrogens (tertiary/aromatic N) is 1. The van der Waals surface area contributed by atoms with Crippen LogP contribution < -0.4 is 5.19 Å². The number of rotatable bonds is 3. The Balaban J connectivity index is 2.08. The SMILES string of the molecule is Cc1cnc(-c2ccc([Si](C)(C)C)c3c2oc2ccccc23)cc1C(C)C. The summed E-state index contributed by atoms with van der Waals surface area (Å²) >= 11 is 0. The van der Waals surface area contributed by atoms with Crippen molar-refractivity contribution in [2.75, 3.05) is 0 Å². The lowest BCUT2D eigenvalue weighted by molar-refractivity contribution is 0.670. The van der Waals surface area contributed by atoms with E-state index in [1.807, 2.05) is 12.3 Å². The van der Waals surface area contributed by atoms with E-state index in [4.69, 9.17) is 9.40 Å². The lowest BCUT2D eigenvalue weighted by atomic mass is 9.97. The molecule has 0 amide bonds. The zero-order valence-corrected chi connectivity index (χ0v) is 18.1. The third-order valence-corrected chi connectivity index (χ3v) is 7.41. The molecular weight excluding hydrogens is 346 g/mol. The van der Waals surface area contributed by atoms with Crippen molar-refractivity contribution in [3.05, 3.63) is 59.8 Å². The van der Waals surface area contributed by atoms with Crippen LogP contribution >= 0.6 is 0 Å². The smallest absolute Gasteiger partial charge is 0.144 e. The highest BCUT2D eigenvalue weighted by molar-refractivity contribution is 6.90. The number of hydrogen-bond acceptors (Lipinski definition) is 2. The molecule has 4 rings (SSSR count). The number of furan rings is 1. The first kappa shape index (κ1) is 18.0. The molecule has 2 aromatic heterocycles. The van der Waals surface area contributed by atoms with E-state index in [1.165, 1.54) is 27.1 Å². The molecule has 0 bridgehead atoms. The fourth-order valence-electron chi connectivity index (χ4n) is 3.96. The molecule has 2 aromatic carbocycles. The van der Waals surface area contributed by atoms with E-state index in [-0.39, 0.29) is 0 Å². The molecule has 0 unspecified atom stereocenters. The van der Waals surface area contributed by atoms with Crippen LogP contribution in [0.3, 0.4) is 0 Å². The van der Waals surface area contributed by atoms with Crippen molar-refractivity contribution in [3.8, 4) is 11.3 Å². The molecule has 0 aliphatic carbocycles. The molecule has 0 saturated carbocycles. The number of aromatic nitrogens is 1. The van der Waals surface area contributed by atoms with E-state index in [2.05, 4.69) is 76.8 Å². The van der Waals surface area contributed by atoms with Gasteiger partial charge in [0.15, 0.2) is 0 Å². The van der Waals surface area contributed by atoms with Crippen molar-refractivity contribution in [1.29, 1.82) is 0 Å². The molecule has 27 heavy (non-hydrogen) atoms. The fourth-order valence-corrected chi connectivity index (χ4v) is 5.55. The second kappa shape index (κ2) is 6.34. The van der Waals surface area contributed by atoms with E-state index in [9.17, 15) is 0 Å². The van der Waals surface area contributed by atoms with E-state index < -0.39 is 8.07 Å². The highest BCUT2D eigenvalue weighted by atomic mass is 28.3. The number of hydrogen-bond donors (Lipinski definition) is 0. The van der Waals surface area contributed by atoms with Crippen molar-refractivity contribution < 1.29 is 4.42 Å². The van der Waals surface area contributed by atoms with Gasteiger partial charge in [-0.2, -0.15) is 0 Å². The van der Waals surface area contributed by atoms with Gasteiger partial charge >= 0.3 is 0 Å². The Morgan fingerprint density at radius 1 is 1.00 bits per heavy atom. The summed E-state index contributed by atoms with van der Waals surface area (Å²) in [6.07, 6.45) is 1.99. The van der Waals surface area contributed by atoms with Gasteiger partial charge in [0.05, 0.1) is 13.8 Å². The summed E-state index contributed by atoms with van der Waals surface area (Å²) in [6.45, 7) is 13.8. The molecule has 0 saturated heterocycles. The first-order valence-electron chi connectivity index (χ1n) is 9.69. The van der Waals surface area contributed by atoms with Gasteiger partial charge in [-0.15, -0.1) is 0 Å². The van der Waals surface area contributed by atoms with Gasteiger partial charge in [-0.1, -0.05) is 57.8 Å². The highest BCUT2D eigenvalue weighted by Crippen LogP contribution is 2.36. The maximum absolute atomic E-state index is 6.39. The summed E-state index contributed by atoms with van der Waals surface area (Å²) in [4.78, 5) is 4.76. The second-order valence-corrected chi connectivity index (χ2v) is 13.8. The summed E-state index contributed by atoms with van der Waals surface area (Å²) in [5.74, 6) is 0.471. The largest absolute Gasteiger partial charge is 0.455 e. The number of fused-ring (bicyclic) bond motifs is 3. The Hall–Kier alpha value is -2.39. The molecule has 3 heteroatoms. The van der Waals surface area contributed by atoms with Crippen LogP contribution in [0, 0.1) is 6.92 Å². The van der Waals surface area contributed by atoms with E-state index in [0.29, 0.717) is 5.92 Å². The van der Waals surface area contributed by atoms with E-state index in [1.54, 1.807) is 0 Å². The first-order chi connectivity index (χ1) is 12.8. The second-order valence-electron chi connectivity index (χ2n) is 8.79. The van der Waals surface area contributed by atoms with Gasteiger partial charge in [0.1, 0.15) is 11.2 Å². The highest BCUT2D eigenvalue weighted by Gasteiger charge is 2.24. The van der Waals surface area contributed by atoms with Gasteiger partial charge in [0.2, 0.25) is 0 Å². The van der Waals surface area contributed by atoms with Crippen LogP contribution in [0.25, 0.3) is 33.2 Å².